The molecule has 0 aliphatic heterocycles. The van der Waals surface area contributed by atoms with Gasteiger partial charge in [0.05, 0.1) is 0 Å². The minimum Gasteiger partial charge on any atom is -0.355 e. The van der Waals surface area contributed by atoms with Gasteiger partial charge in [-0.15, -0.1) is 0 Å². The van der Waals surface area contributed by atoms with Crippen molar-refractivity contribution in [3.63, 3.8) is 0 Å². The van der Waals surface area contributed by atoms with Crippen LogP contribution in [0.3, 0.4) is 0 Å². The van der Waals surface area contributed by atoms with Gasteiger partial charge in [0.2, 0.25) is 5.91 Å². The first-order valence-electron chi connectivity index (χ1n) is 10.3. The molecule has 2 nitrogen and oxygen atoms in total. The number of hydrogen-bond acceptors (Lipinski definition) is 1. The van der Waals surface area contributed by atoms with Gasteiger partial charge in [0.1, 0.15) is 5.41 Å². The lowest BCUT2D eigenvalue weighted by atomic mass is 9.73. The predicted molar refractivity (Wildman–Crippen MR) is 115 cm³/mol. The maximum Gasteiger partial charge on any atom is 0.235 e. The zero-order chi connectivity index (χ0) is 19.4. The number of hydrogen-bond donors (Lipinski definition) is 1. The van der Waals surface area contributed by atoms with Crippen LogP contribution >= 0.6 is 0 Å². The highest BCUT2D eigenvalue weighted by molar-refractivity contribution is 6.00. The Bertz CT molecular complexity index is 915. The Hall–Kier alpha value is -2.87. The lowest BCUT2D eigenvalue weighted by Gasteiger charge is -2.31. The molecule has 0 fully saturated rings. The smallest absolute Gasteiger partial charge is 0.235 e. The third kappa shape index (κ3) is 3.13. The summed E-state index contributed by atoms with van der Waals surface area (Å²) in [4.78, 5) is 13.6. The first-order chi connectivity index (χ1) is 13.8. The second kappa shape index (κ2) is 8.02. The monoisotopic (exact) mass is 369 g/mol. The van der Waals surface area contributed by atoms with Crippen LogP contribution in [0.2, 0.25) is 0 Å². The molecule has 0 saturated carbocycles. The van der Waals surface area contributed by atoms with Gasteiger partial charge in [-0.05, 0) is 53.5 Å². The molecule has 142 valence electrons. The molecule has 4 rings (SSSR count). The number of benzene rings is 3. The Labute approximate surface area is 167 Å². The van der Waals surface area contributed by atoms with Crippen LogP contribution in [-0.4, -0.2) is 12.5 Å². The summed E-state index contributed by atoms with van der Waals surface area (Å²) in [6.07, 6.45) is 3.70. The molecule has 0 unspecified atom stereocenters. The third-order valence-electron chi connectivity index (χ3n) is 5.85. The van der Waals surface area contributed by atoms with Crippen LogP contribution in [0.1, 0.15) is 42.9 Å². The molecule has 0 atom stereocenters. The van der Waals surface area contributed by atoms with Crippen LogP contribution in [0.15, 0.2) is 78.9 Å². The van der Waals surface area contributed by atoms with E-state index in [9.17, 15) is 4.79 Å². The van der Waals surface area contributed by atoms with E-state index in [0.29, 0.717) is 6.54 Å². The first kappa shape index (κ1) is 18.5. The van der Waals surface area contributed by atoms with Gasteiger partial charge in [0, 0.05) is 6.54 Å². The van der Waals surface area contributed by atoms with Crippen molar-refractivity contribution >= 4 is 5.91 Å². The number of nitrogens with one attached hydrogen (secondary N) is 1. The second-order valence-electron chi connectivity index (χ2n) is 7.59. The molecule has 3 aromatic carbocycles. The number of fused-ring (bicyclic) bond motifs is 3. The van der Waals surface area contributed by atoms with Crippen molar-refractivity contribution in [2.75, 3.05) is 6.54 Å². The van der Waals surface area contributed by atoms with Gasteiger partial charge in [-0.25, -0.2) is 0 Å². The van der Waals surface area contributed by atoms with Crippen LogP contribution in [0.4, 0.5) is 0 Å². The Kier molecular flexibility index (Phi) is 5.29. The van der Waals surface area contributed by atoms with Gasteiger partial charge >= 0.3 is 0 Å². The number of carbonyl (C=O) groups excluding carboxylic acids is 1. The normalized spacial score (nSPS) is 13.6. The van der Waals surface area contributed by atoms with E-state index in [-0.39, 0.29) is 5.91 Å². The third-order valence-corrected chi connectivity index (χ3v) is 5.85. The number of amides is 1. The van der Waals surface area contributed by atoms with Crippen molar-refractivity contribution in [2.24, 2.45) is 0 Å². The molecular weight excluding hydrogens is 342 g/mol. The summed E-state index contributed by atoms with van der Waals surface area (Å²) in [5.74, 6) is 0.139. The van der Waals surface area contributed by atoms with Crippen LogP contribution in [0.25, 0.3) is 11.1 Å². The van der Waals surface area contributed by atoms with Crippen molar-refractivity contribution in [1.29, 1.82) is 0 Å². The molecule has 3 aromatic rings. The van der Waals surface area contributed by atoms with E-state index in [1.165, 1.54) is 16.7 Å². The van der Waals surface area contributed by atoms with Crippen LogP contribution in [0, 0.1) is 0 Å². The summed E-state index contributed by atoms with van der Waals surface area (Å²) in [7, 11) is 0. The molecule has 28 heavy (non-hydrogen) atoms. The summed E-state index contributed by atoms with van der Waals surface area (Å²) in [6, 6.07) is 27.4. The van der Waals surface area contributed by atoms with Gasteiger partial charge in [-0.3, -0.25) is 4.79 Å². The molecule has 0 aromatic heterocycles. The van der Waals surface area contributed by atoms with E-state index < -0.39 is 5.41 Å². The molecule has 2 heteroatoms. The summed E-state index contributed by atoms with van der Waals surface area (Å²) < 4.78 is 0. The molecule has 0 saturated heterocycles. The Morgan fingerprint density at radius 3 is 2.00 bits per heavy atom. The molecule has 0 bridgehead atoms. The second-order valence-corrected chi connectivity index (χ2v) is 7.59. The first-order valence-corrected chi connectivity index (χ1v) is 10.3. The molecule has 1 aliphatic rings. The van der Waals surface area contributed by atoms with Gasteiger partial charge in [0.25, 0.3) is 0 Å². The Balaban J connectivity index is 1.74. The van der Waals surface area contributed by atoms with Crippen molar-refractivity contribution < 1.29 is 4.79 Å². The fourth-order valence-corrected chi connectivity index (χ4v) is 4.54. The standard InChI is InChI=1S/C26H27NO/c1-2-19-27-25(28)26(18-10-13-20-11-4-3-5-12-20)23-16-8-6-14-21(23)22-15-7-9-17-24(22)26/h3-9,11-12,14-17H,2,10,13,18-19H2,1H3,(H,27,28). The van der Waals surface area contributed by atoms with E-state index in [4.69, 9.17) is 0 Å². The van der Waals surface area contributed by atoms with E-state index >= 15 is 0 Å². The summed E-state index contributed by atoms with van der Waals surface area (Å²) >= 11 is 0. The van der Waals surface area contributed by atoms with Crippen LogP contribution in [0.5, 0.6) is 0 Å². The van der Waals surface area contributed by atoms with Crippen molar-refractivity contribution in [3.8, 4) is 11.1 Å². The van der Waals surface area contributed by atoms with Gasteiger partial charge in [-0.2, -0.15) is 0 Å². The summed E-state index contributed by atoms with van der Waals surface area (Å²) in [5, 5.41) is 3.21. The molecule has 0 heterocycles. The van der Waals surface area contributed by atoms with Crippen LogP contribution < -0.4 is 5.32 Å². The zero-order valence-corrected chi connectivity index (χ0v) is 16.4. The van der Waals surface area contributed by atoms with Crippen molar-refractivity contribution in [1.82, 2.24) is 5.32 Å². The quantitative estimate of drug-likeness (QED) is 0.585. The predicted octanol–water partition coefficient (Wildman–Crippen LogP) is 5.50. The van der Waals surface area contributed by atoms with Gasteiger partial charge < -0.3 is 5.32 Å². The molecule has 0 spiro atoms. The number of rotatable bonds is 7. The minimum atomic E-state index is -0.600. The lowest BCUT2D eigenvalue weighted by molar-refractivity contribution is -0.125. The number of aryl methyl sites for hydroxylation is 1. The van der Waals surface area contributed by atoms with E-state index in [0.717, 1.165) is 36.8 Å². The van der Waals surface area contributed by atoms with Gasteiger partial charge in [-0.1, -0.05) is 85.8 Å². The molecule has 1 aliphatic carbocycles. The van der Waals surface area contributed by atoms with E-state index in [2.05, 4.69) is 85.0 Å². The minimum absolute atomic E-state index is 0.139. The van der Waals surface area contributed by atoms with Crippen molar-refractivity contribution in [3.05, 3.63) is 95.6 Å². The molecular formula is C26H27NO. The maximum atomic E-state index is 13.6. The SMILES string of the molecule is CCCNC(=O)C1(CCCc2ccccc2)c2ccccc2-c2ccccc21. The average molecular weight is 370 g/mol. The Morgan fingerprint density at radius 2 is 1.39 bits per heavy atom. The van der Waals surface area contributed by atoms with E-state index in [1.807, 2.05) is 6.07 Å². The van der Waals surface area contributed by atoms with Crippen LogP contribution in [-0.2, 0) is 16.6 Å². The summed E-state index contributed by atoms with van der Waals surface area (Å²) in [5.41, 5.74) is 5.42. The molecule has 1 amide bonds. The summed E-state index contributed by atoms with van der Waals surface area (Å²) in [6.45, 7) is 2.81. The fourth-order valence-electron chi connectivity index (χ4n) is 4.54. The topological polar surface area (TPSA) is 29.1 Å². The Morgan fingerprint density at radius 1 is 0.821 bits per heavy atom. The maximum absolute atomic E-state index is 13.6. The van der Waals surface area contributed by atoms with Gasteiger partial charge in [0.15, 0.2) is 0 Å². The highest BCUT2D eigenvalue weighted by Gasteiger charge is 2.48. The average Bonchev–Trinajstić information content (AvgIpc) is 3.04. The number of carbonyl (C=O) groups is 1. The van der Waals surface area contributed by atoms with E-state index in [1.54, 1.807) is 0 Å². The highest BCUT2D eigenvalue weighted by Crippen LogP contribution is 2.51. The zero-order valence-electron chi connectivity index (χ0n) is 16.4. The van der Waals surface area contributed by atoms with Crippen molar-refractivity contribution in [2.45, 2.75) is 38.0 Å². The largest absolute Gasteiger partial charge is 0.355 e. The fraction of sp³-hybridized carbons (Fsp3) is 0.269. The lowest BCUT2D eigenvalue weighted by Crippen LogP contribution is -2.44. The highest BCUT2D eigenvalue weighted by atomic mass is 16.2. The molecule has 1 N–H and O–H groups in total. The molecule has 0 radical (unpaired) electrons.